The molecule has 1 aromatic carbocycles. The Hall–Kier alpha value is -2.30. The van der Waals surface area contributed by atoms with Crippen LogP contribution in [0.2, 0.25) is 0 Å². The lowest BCUT2D eigenvalue weighted by molar-refractivity contribution is 0.0781. The fraction of sp³-hybridized carbons (Fsp3) is 0.231. The van der Waals surface area contributed by atoms with Crippen LogP contribution in [-0.2, 0) is 6.54 Å². The molecule has 0 fully saturated rings. The zero-order chi connectivity index (χ0) is 13.1. The molecule has 0 aliphatic carbocycles. The Bertz CT molecular complexity index is 549. The highest BCUT2D eigenvalue weighted by molar-refractivity contribution is 5.95. The van der Waals surface area contributed by atoms with Gasteiger partial charge in [-0.1, -0.05) is 0 Å². The number of carbonyl (C=O) groups excluding carboxylic acids is 1. The molecule has 0 radical (unpaired) electrons. The summed E-state index contributed by atoms with van der Waals surface area (Å²) in [6.45, 7) is 2.22. The highest BCUT2D eigenvalue weighted by Gasteiger charge is 2.15. The van der Waals surface area contributed by atoms with Crippen LogP contribution < -0.4 is 0 Å². The zero-order valence-corrected chi connectivity index (χ0v) is 10.3. The molecule has 0 aliphatic heterocycles. The maximum Gasteiger partial charge on any atom is 0.254 e. The van der Waals surface area contributed by atoms with Crippen molar-refractivity contribution in [2.24, 2.45) is 0 Å². The molecule has 18 heavy (non-hydrogen) atoms. The molecule has 0 spiro atoms. The van der Waals surface area contributed by atoms with Crippen molar-refractivity contribution in [2.75, 3.05) is 7.05 Å². The average molecular weight is 245 g/mol. The maximum atomic E-state index is 12.2. The van der Waals surface area contributed by atoms with Crippen LogP contribution in [0.15, 0.2) is 30.6 Å². The average Bonchev–Trinajstić information content (AvgIpc) is 2.81. The topological polar surface area (TPSA) is 69.2 Å². The van der Waals surface area contributed by atoms with Crippen LogP contribution in [-0.4, -0.2) is 32.9 Å². The lowest BCUT2D eigenvalue weighted by Crippen LogP contribution is -2.27. The molecule has 0 unspecified atom stereocenters. The van der Waals surface area contributed by atoms with Crippen LogP contribution in [0, 0.1) is 6.92 Å². The Kier molecular flexibility index (Phi) is 3.32. The molecule has 5 heteroatoms. The van der Waals surface area contributed by atoms with Crippen molar-refractivity contribution in [1.29, 1.82) is 0 Å². The van der Waals surface area contributed by atoms with Crippen LogP contribution in [0.1, 0.15) is 21.7 Å². The number of nitrogens with zero attached hydrogens (tertiary/aromatic N) is 2. The van der Waals surface area contributed by atoms with E-state index in [1.54, 1.807) is 43.4 Å². The lowest BCUT2D eigenvalue weighted by atomic mass is 10.1. The van der Waals surface area contributed by atoms with E-state index in [-0.39, 0.29) is 11.7 Å². The summed E-state index contributed by atoms with van der Waals surface area (Å²) in [5.74, 6) is 0.809. The normalized spacial score (nSPS) is 10.3. The summed E-state index contributed by atoms with van der Waals surface area (Å²) in [4.78, 5) is 20.8. The number of aromatic amines is 1. The first-order valence-electron chi connectivity index (χ1n) is 5.61. The predicted molar refractivity (Wildman–Crippen MR) is 67.2 cm³/mol. The summed E-state index contributed by atoms with van der Waals surface area (Å²) < 4.78 is 0. The van der Waals surface area contributed by atoms with Crippen molar-refractivity contribution in [2.45, 2.75) is 13.5 Å². The van der Waals surface area contributed by atoms with Gasteiger partial charge in [0, 0.05) is 25.0 Å². The van der Waals surface area contributed by atoms with Gasteiger partial charge < -0.3 is 15.0 Å². The van der Waals surface area contributed by atoms with Gasteiger partial charge in [-0.05, 0) is 30.7 Å². The molecule has 0 atom stereocenters. The van der Waals surface area contributed by atoms with E-state index in [0.717, 1.165) is 11.4 Å². The lowest BCUT2D eigenvalue weighted by Gasteiger charge is -2.17. The first-order valence-corrected chi connectivity index (χ1v) is 5.61. The van der Waals surface area contributed by atoms with Crippen molar-refractivity contribution in [3.05, 3.63) is 47.5 Å². The van der Waals surface area contributed by atoms with Gasteiger partial charge in [-0.3, -0.25) is 4.79 Å². The van der Waals surface area contributed by atoms with Crippen LogP contribution in [0.5, 0.6) is 5.75 Å². The molecule has 2 aromatic rings. The number of benzene rings is 1. The molecule has 0 saturated heterocycles. The van der Waals surface area contributed by atoms with Crippen molar-refractivity contribution in [3.63, 3.8) is 0 Å². The molecule has 1 aromatic heterocycles. The largest absolute Gasteiger partial charge is 0.508 e. The van der Waals surface area contributed by atoms with Gasteiger partial charge in [0.05, 0.1) is 6.54 Å². The molecule has 0 aliphatic rings. The summed E-state index contributed by atoms with van der Waals surface area (Å²) in [5, 5.41) is 9.33. The van der Waals surface area contributed by atoms with Gasteiger partial charge in [0.2, 0.25) is 0 Å². The van der Waals surface area contributed by atoms with E-state index in [1.165, 1.54) is 6.07 Å². The molecule has 2 rings (SSSR count). The summed E-state index contributed by atoms with van der Waals surface area (Å²) >= 11 is 0. The number of phenols is 1. The number of hydrogen-bond donors (Lipinski definition) is 2. The highest BCUT2D eigenvalue weighted by atomic mass is 16.3. The number of aromatic hydroxyl groups is 1. The van der Waals surface area contributed by atoms with Crippen LogP contribution in [0.4, 0.5) is 0 Å². The van der Waals surface area contributed by atoms with E-state index in [9.17, 15) is 9.90 Å². The number of phenolic OH excluding ortho intramolecular Hbond substituents is 1. The highest BCUT2D eigenvalue weighted by Crippen LogP contribution is 2.17. The monoisotopic (exact) mass is 245 g/mol. The molecular weight excluding hydrogens is 230 g/mol. The first kappa shape index (κ1) is 12.2. The van der Waals surface area contributed by atoms with Crippen LogP contribution >= 0.6 is 0 Å². The number of amides is 1. The summed E-state index contributed by atoms with van der Waals surface area (Å²) in [7, 11) is 1.72. The third-order valence-corrected chi connectivity index (χ3v) is 2.73. The van der Waals surface area contributed by atoms with Gasteiger partial charge >= 0.3 is 0 Å². The minimum atomic E-state index is -0.0936. The van der Waals surface area contributed by atoms with Crippen molar-refractivity contribution in [3.8, 4) is 5.75 Å². The third-order valence-electron chi connectivity index (χ3n) is 2.73. The summed E-state index contributed by atoms with van der Waals surface area (Å²) in [6.07, 6.45) is 3.37. The summed E-state index contributed by atoms with van der Waals surface area (Å²) in [5.41, 5.74) is 1.34. The molecular formula is C13H15N3O2. The minimum Gasteiger partial charge on any atom is -0.508 e. The molecule has 0 bridgehead atoms. The summed E-state index contributed by atoms with van der Waals surface area (Å²) in [6, 6.07) is 4.72. The number of aromatic nitrogens is 2. The van der Waals surface area contributed by atoms with E-state index in [4.69, 9.17) is 0 Å². The minimum absolute atomic E-state index is 0.0936. The molecule has 1 heterocycles. The van der Waals surface area contributed by atoms with Gasteiger partial charge in [0.25, 0.3) is 5.91 Å². The predicted octanol–water partition coefficient (Wildman–Crippen LogP) is 1.70. The third kappa shape index (κ3) is 2.51. The van der Waals surface area contributed by atoms with Gasteiger partial charge in [0.15, 0.2) is 0 Å². The van der Waals surface area contributed by atoms with Gasteiger partial charge in [0.1, 0.15) is 11.6 Å². The van der Waals surface area contributed by atoms with Crippen LogP contribution in [0.25, 0.3) is 0 Å². The molecule has 1 amide bonds. The number of aryl methyl sites for hydroxylation is 1. The fourth-order valence-electron chi connectivity index (χ4n) is 1.77. The van der Waals surface area contributed by atoms with E-state index < -0.39 is 0 Å². The molecule has 0 saturated carbocycles. The Morgan fingerprint density at radius 2 is 2.28 bits per heavy atom. The number of hydrogen-bond acceptors (Lipinski definition) is 3. The van der Waals surface area contributed by atoms with Crippen LogP contribution in [0.3, 0.4) is 0 Å². The second-order valence-electron chi connectivity index (χ2n) is 4.20. The van der Waals surface area contributed by atoms with Gasteiger partial charge in [-0.2, -0.15) is 0 Å². The van der Waals surface area contributed by atoms with E-state index in [1.807, 2.05) is 0 Å². The number of carbonyl (C=O) groups is 1. The Labute approximate surface area is 105 Å². The SMILES string of the molecule is Cc1cc(O)ccc1C(=O)N(C)Cc1ncc[nH]1. The van der Waals surface area contributed by atoms with Crippen molar-refractivity contribution >= 4 is 5.91 Å². The first-order chi connectivity index (χ1) is 8.58. The van der Waals surface area contributed by atoms with Gasteiger partial charge in [-0.15, -0.1) is 0 Å². The Morgan fingerprint density at radius 3 is 2.89 bits per heavy atom. The smallest absolute Gasteiger partial charge is 0.254 e. The number of H-pyrrole nitrogens is 1. The molecule has 94 valence electrons. The fourth-order valence-corrected chi connectivity index (χ4v) is 1.77. The number of nitrogens with one attached hydrogen (secondary N) is 1. The second-order valence-corrected chi connectivity index (χ2v) is 4.20. The molecule has 5 nitrogen and oxygen atoms in total. The maximum absolute atomic E-state index is 12.2. The second kappa shape index (κ2) is 4.91. The van der Waals surface area contributed by atoms with E-state index in [0.29, 0.717) is 12.1 Å². The van der Waals surface area contributed by atoms with E-state index >= 15 is 0 Å². The standard InChI is InChI=1S/C13H15N3O2/c1-9-7-10(17)3-4-11(9)13(18)16(2)8-12-14-5-6-15-12/h3-7,17H,8H2,1-2H3,(H,14,15). The van der Waals surface area contributed by atoms with Crippen molar-refractivity contribution in [1.82, 2.24) is 14.9 Å². The zero-order valence-electron chi connectivity index (χ0n) is 10.3. The molecule has 2 N–H and O–H groups in total. The van der Waals surface area contributed by atoms with Crippen molar-refractivity contribution < 1.29 is 9.90 Å². The van der Waals surface area contributed by atoms with Gasteiger partial charge in [-0.25, -0.2) is 4.98 Å². The number of rotatable bonds is 3. The number of imidazole rings is 1. The Morgan fingerprint density at radius 1 is 1.50 bits per heavy atom. The quantitative estimate of drug-likeness (QED) is 0.864. The van der Waals surface area contributed by atoms with E-state index in [2.05, 4.69) is 9.97 Å². The Balaban J connectivity index is 2.15.